The van der Waals surface area contributed by atoms with Crippen molar-refractivity contribution in [1.29, 1.82) is 0 Å². The maximum absolute atomic E-state index is 11.1. The third-order valence-corrected chi connectivity index (χ3v) is 3.98. The molecule has 0 amide bonds. The normalized spacial score (nSPS) is 13.7. The molecule has 0 aliphatic rings. The lowest BCUT2D eigenvalue weighted by Gasteiger charge is -2.12. The lowest BCUT2D eigenvalue weighted by molar-refractivity contribution is 0.592. The molecule has 96 valence electrons. The van der Waals surface area contributed by atoms with Crippen LogP contribution in [-0.2, 0) is 9.84 Å². The van der Waals surface area contributed by atoms with E-state index in [9.17, 15) is 8.42 Å². The molecule has 1 unspecified atom stereocenters. The van der Waals surface area contributed by atoms with Crippen LogP contribution in [0.3, 0.4) is 0 Å². The van der Waals surface area contributed by atoms with Gasteiger partial charge in [-0.15, -0.1) is 0 Å². The van der Waals surface area contributed by atoms with Crippen molar-refractivity contribution in [3.8, 4) is 0 Å². The van der Waals surface area contributed by atoms with Crippen LogP contribution < -0.4 is 5.73 Å². The van der Waals surface area contributed by atoms with Crippen LogP contribution in [-0.4, -0.2) is 20.4 Å². The second-order valence-electron chi connectivity index (χ2n) is 4.63. The molecular weight excluding hydrogens is 246 g/mol. The van der Waals surface area contributed by atoms with Gasteiger partial charge in [-0.1, -0.05) is 36.4 Å². The van der Waals surface area contributed by atoms with Crippen LogP contribution >= 0.6 is 0 Å². The van der Waals surface area contributed by atoms with Gasteiger partial charge in [0.1, 0.15) is 9.84 Å². The molecule has 2 aromatic rings. The molecule has 0 saturated heterocycles. The van der Waals surface area contributed by atoms with Gasteiger partial charge in [-0.05, 0) is 28.8 Å². The Kier molecular flexibility index (Phi) is 3.68. The Hall–Kier alpha value is -1.39. The van der Waals surface area contributed by atoms with Gasteiger partial charge < -0.3 is 5.73 Å². The fourth-order valence-electron chi connectivity index (χ4n) is 1.95. The topological polar surface area (TPSA) is 60.2 Å². The highest BCUT2D eigenvalue weighted by molar-refractivity contribution is 7.90. The van der Waals surface area contributed by atoms with Crippen LogP contribution in [0.5, 0.6) is 0 Å². The molecule has 2 N–H and O–H groups in total. The quantitative estimate of drug-likeness (QED) is 0.920. The number of hydrogen-bond acceptors (Lipinski definition) is 3. The number of sulfone groups is 1. The summed E-state index contributed by atoms with van der Waals surface area (Å²) in [5.41, 5.74) is 7.01. The monoisotopic (exact) mass is 263 g/mol. The maximum Gasteiger partial charge on any atom is 0.147 e. The summed E-state index contributed by atoms with van der Waals surface area (Å²) >= 11 is 0. The summed E-state index contributed by atoms with van der Waals surface area (Å²) in [6, 6.07) is 13.8. The summed E-state index contributed by atoms with van der Waals surface area (Å²) in [7, 11) is -2.95. The molecule has 0 spiro atoms. The van der Waals surface area contributed by atoms with Crippen molar-refractivity contribution >= 4 is 20.6 Å². The molecule has 0 aliphatic heterocycles. The van der Waals surface area contributed by atoms with E-state index in [1.54, 1.807) is 0 Å². The van der Waals surface area contributed by atoms with Gasteiger partial charge in [0.25, 0.3) is 0 Å². The van der Waals surface area contributed by atoms with Gasteiger partial charge in [0.15, 0.2) is 0 Å². The van der Waals surface area contributed by atoms with Crippen molar-refractivity contribution in [3.63, 3.8) is 0 Å². The smallest absolute Gasteiger partial charge is 0.147 e. The molecule has 0 aromatic heterocycles. The largest absolute Gasteiger partial charge is 0.324 e. The Morgan fingerprint density at radius 2 is 1.78 bits per heavy atom. The van der Waals surface area contributed by atoms with E-state index in [0.29, 0.717) is 6.42 Å². The maximum atomic E-state index is 11.1. The predicted molar refractivity (Wildman–Crippen MR) is 75.2 cm³/mol. The second kappa shape index (κ2) is 5.08. The van der Waals surface area contributed by atoms with Gasteiger partial charge in [0.05, 0.1) is 5.75 Å². The Balaban J connectivity index is 2.20. The number of nitrogens with two attached hydrogens (primary N) is 1. The number of benzene rings is 2. The van der Waals surface area contributed by atoms with Crippen LogP contribution in [0.2, 0.25) is 0 Å². The van der Waals surface area contributed by atoms with E-state index in [4.69, 9.17) is 5.73 Å². The average Bonchev–Trinajstić information content (AvgIpc) is 2.34. The highest BCUT2D eigenvalue weighted by Crippen LogP contribution is 2.21. The van der Waals surface area contributed by atoms with Crippen LogP contribution in [0.25, 0.3) is 10.8 Å². The predicted octanol–water partition coefficient (Wildman–Crippen LogP) is 2.27. The van der Waals surface area contributed by atoms with Crippen LogP contribution in [0.1, 0.15) is 18.0 Å². The first kappa shape index (κ1) is 13.1. The zero-order valence-corrected chi connectivity index (χ0v) is 11.2. The van der Waals surface area contributed by atoms with Crippen LogP contribution in [0.4, 0.5) is 0 Å². The minimum Gasteiger partial charge on any atom is -0.324 e. The molecule has 2 aromatic carbocycles. The van der Waals surface area contributed by atoms with Crippen molar-refractivity contribution in [2.24, 2.45) is 5.73 Å². The zero-order chi connectivity index (χ0) is 13.2. The van der Waals surface area contributed by atoms with E-state index in [0.717, 1.165) is 16.3 Å². The Morgan fingerprint density at radius 3 is 2.44 bits per heavy atom. The Bertz CT molecular complexity index is 650. The van der Waals surface area contributed by atoms with E-state index < -0.39 is 9.84 Å². The van der Waals surface area contributed by atoms with Gasteiger partial charge in [0.2, 0.25) is 0 Å². The minimum atomic E-state index is -2.95. The lowest BCUT2D eigenvalue weighted by Crippen LogP contribution is -2.15. The van der Waals surface area contributed by atoms with Crippen molar-refractivity contribution in [1.82, 2.24) is 0 Å². The van der Waals surface area contributed by atoms with Crippen molar-refractivity contribution < 1.29 is 8.42 Å². The summed E-state index contributed by atoms with van der Waals surface area (Å²) in [4.78, 5) is 0. The van der Waals surface area contributed by atoms with Gasteiger partial charge in [-0.2, -0.15) is 0 Å². The fraction of sp³-hybridized carbons (Fsp3) is 0.286. The molecule has 1 atom stereocenters. The molecule has 2 rings (SSSR count). The number of hydrogen-bond donors (Lipinski definition) is 1. The highest BCUT2D eigenvalue weighted by Gasteiger charge is 2.10. The highest BCUT2D eigenvalue weighted by atomic mass is 32.2. The van der Waals surface area contributed by atoms with Crippen LogP contribution in [0.15, 0.2) is 42.5 Å². The van der Waals surface area contributed by atoms with Gasteiger partial charge in [-0.3, -0.25) is 0 Å². The number of rotatable bonds is 4. The van der Waals surface area contributed by atoms with Crippen molar-refractivity contribution in [2.75, 3.05) is 12.0 Å². The molecule has 3 nitrogen and oxygen atoms in total. The molecule has 0 radical (unpaired) electrons. The summed E-state index contributed by atoms with van der Waals surface area (Å²) < 4.78 is 22.2. The number of fused-ring (bicyclic) bond motifs is 1. The molecule has 0 saturated carbocycles. The van der Waals surface area contributed by atoms with Gasteiger partial charge in [-0.25, -0.2) is 8.42 Å². The van der Waals surface area contributed by atoms with Crippen LogP contribution in [0, 0.1) is 0 Å². The first-order valence-corrected chi connectivity index (χ1v) is 7.94. The van der Waals surface area contributed by atoms with E-state index in [-0.39, 0.29) is 11.8 Å². The van der Waals surface area contributed by atoms with Gasteiger partial charge in [0, 0.05) is 12.3 Å². The van der Waals surface area contributed by atoms with Crippen molar-refractivity contribution in [2.45, 2.75) is 12.5 Å². The SMILES string of the molecule is CS(=O)(=O)CCC(N)c1ccc2ccccc2c1. The first-order chi connectivity index (χ1) is 8.46. The molecule has 0 aliphatic carbocycles. The standard InChI is InChI=1S/C14H17NO2S/c1-18(16,17)9-8-14(15)13-7-6-11-4-2-3-5-12(11)10-13/h2-7,10,14H,8-9,15H2,1H3. The molecular formula is C14H17NO2S. The van der Waals surface area contributed by atoms with E-state index >= 15 is 0 Å². The third-order valence-electron chi connectivity index (χ3n) is 3.00. The summed E-state index contributed by atoms with van der Waals surface area (Å²) in [5.74, 6) is 0.126. The molecule has 4 heteroatoms. The zero-order valence-electron chi connectivity index (χ0n) is 10.3. The Labute approximate surface area is 108 Å². The fourth-order valence-corrected chi connectivity index (χ4v) is 2.63. The first-order valence-electron chi connectivity index (χ1n) is 5.88. The molecule has 18 heavy (non-hydrogen) atoms. The summed E-state index contributed by atoms with van der Waals surface area (Å²) in [6.45, 7) is 0. The van der Waals surface area contributed by atoms with E-state index in [1.165, 1.54) is 6.26 Å². The third kappa shape index (κ3) is 3.31. The minimum absolute atomic E-state index is 0.126. The summed E-state index contributed by atoms with van der Waals surface area (Å²) in [5, 5.41) is 2.29. The summed E-state index contributed by atoms with van der Waals surface area (Å²) in [6.07, 6.45) is 1.69. The lowest BCUT2D eigenvalue weighted by atomic mass is 10.0. The second-order valence-corrected chi connectivity index (χ2v) is 6.89. The van der Waals surface area contributed by atoms with Crippen molar-refractivity contribution in [3.05, 3.63) is 48.0 Å². The van der Waals surface area contributed by atoms with E-state index in [1.807, 2.05) is 42.5 Å². The Morgan fingerprint density at radius 1 is 1.11 bits per heavy atom. The molecule has 0 bridgehead atoms. The molecule has 0 fully saturated rings. The molecule has 0 heterocycles. The van der Waals surface area contributed by atoms with E-state index in [2.05, 4.69) is 0 Å². The average molecular weight is 263 g/mol. The van der Waals surface area contributed by atoms with Gasteiger partial charge >= 0.3 is 0 Å².